The molecule has 0 saturated heterocycles. The number of aryl methyl sites for hydroxylation is 1. The molecule has 3 N–H and O–H groups in total. The predicted octanol–water partition coefficient (Wildman–Crippen LogP) is 1.29. The number of rotatable bonds is 2. The third-order valence-electron chi connectivity index (χ3n) is 3.02. The minimum atomic E-state index is 0.0527. The maximum Gasteiger partial charge on any atom is 0.170 e. The van der Waals surface area contributed by atoms with E-state index in [-0.39, 0.29) is 5.84 Å². The predicted molar refractivity (Wildman–Crippen MR) is 68.1 cm³/mol. The number of pyridine rings is 1. The molecule has 18 heavy (non-hydrogen) atoms. The number of nitrogens with zero attached hydrogens (tertiary/aromatic N) is 4. The summed E-state index contributed by atoms with van der Waals surface area (Å²) in [7, 11) is 0. The maximum absolute atomic E-state index is 8.67. The highest BCUT2D eigenvalue weighted by Gasteiger charge is 2.11. The van der Waals surface area contributed by atoms with E-state index in [1.54, 1.807) is 23.0 Å². The third kappa shape index (κ3) is 1.92. The second-order valence-electron chi connectivity index (χ2n) is 4.10. The Balaban J connectivity index is 2.55. The number of hydrogen-bond acceptors (Lipinski definition) is 4. The molecule has 0 aliphatic rings. The first-order valence-electron chi connectivity index (χ1n) is 5.51. The van der Waals surface area contributed by atoms with Crippen molar-refractivity contribution in [3.8, 4) is 5.82 Å². The molecule has 0 spiro atoms. The van der Waals surface area contributed by atoms with Gasteiger partial charge in [0.2, 0.25) is 0 Å². The van der Waals surface area contributed by atoms with Crippen LogP contribution in [0.15, 0.2) is 23.5 Å². The van der Waals surface area contributed by atoms with Gasteiger partial charge in [-0.3, -0.25) is 0 Å². The molecule has 0 saturated carbocycles. The quantitative estimate of drug-likeness (QED) is 0.361. The molecule has 0 aromatic carbocycles. The molecule has 0 unspecified atom stereocenters. The summed E-state index contributed by atoms with van der Waals surface area (Å²) < 4.78 is 1.75. The fourth-order valence-electron chi connectivity index (χ4n) is 1.69. The van der Waals surface area contributed by atoms with Gasteiger partial charge in [-0.1, -0.05) is 5.16 Å². The van der Waals surface area contributed by atoms with Gasteiger partial charge in [0.1, 0.15) is 0 Å². The Morgan fingerprint density at radius 2 is 2.11 bits per heavy atom. The van der Waals surface area contributed by atoms with Crippen LogP contribution in [0, 0.1) is 20.8 Å². The molecule has 6 nitrogen and oxygen atoms in total. The van der Waals surface area contributed by atoms with Crippen molar-refractivity contribution >= 4 is 5.84 Å². The van der Waals surface area contributed by atoms with Crippen molar-refractivity contribution in [2.45, 2.75) is 20.8 Å². The van der Waals surface area contributed by atoms with Crippen LogP contribution in [-0.2, 0) is 0 Å². The van der Waals surface area contributed by atoms with E-state index in [1.807, 2.05) is 20.8 Å². The molecular formula is C12H15N5O. The van der Waals surface area contributed by atoms with E-state index in [2.05, 4.69) is 15.2 Å². The van der Waals surface area contributed by atoms with E-state index < -0.39 is 0 Å². The van der Waals surface area contributed by atoms with Crippen LogP contribution in [0.4, 0.5) is 0 Å². The van der Waals surface area contributed by atoms with E-state index in [1.165, 1.54) is 0 Å². The van der Waals surface area contributed by atoms with Crippen molar-refractivity contribution in [1.29, 1.82) is 0 Å². The van der Waals surface area contributed by atoms with Gasteiger partial charge in [-0.25, -0.2) is 9.67 Å². The average molecular weight is 245 g/mol. The zero-order chi connectivity index (χ0) is 13.3. The lowest BCUT2D eigenvalue weighted by Gasteiger charge is -2.05. The molecule has 2 rings (SSSR count). The highest BCUT2D eigenvalue weighted by molar-refractivity contribution is 5.97. The fraction of sp³-hybridized carbons (Fsp3) is 0.250. The number of amidine groups is 1. The van der Waals surface area contributed by atoms with Crippen LogP contribution in [0.25, 0.3) is 5.82 Å². The van der Waals surface area contributed by atoms with Gasteiger partial charge in [0.15, 0.2) is 11.7 Å². The zero-order valence-corrected chi connectivity index (χ0v) is 10.5. The molecule has 2 aromatic rings. The van der Waals surface area contributed by atoms with Gasteiger partial charge in [-0.05, 0) is 38.5 Å². The molecule has 2 aromatic heterocycles. The van der Waals surface area contributed by atoms with Crippen molar-refractivity contribution in [1.82, 2.24) is 14.8 Å². The summed E-state index contributed by atoms with van der Waals surface area (Å²) in [5.74, 6) is 0.699. The molecule has 0 radical (unpaired) electrons. The normalized spacial score (nSPS) is 11.8. The van der Waals surface area contributed by atoms with Gasteiger partial charge in [0.05, 0.1) is 5.69 Å². The second kappa shape index (κ2) is 4.48. The van der Waals surface area contributed by atoms with E-state index in [9.17, 15) is 0 Å². The molecular weight excluding hydrogens is 230 g/mol. The summed E-state index contributed by atoms with van der Waals surface area (Å²) in [6, 6.07) is 3.41. The summed E-state index contributed by atoms with van der Waals surface area (Å²) in [6.07, 6.45) is 1.61. The van der Waals surface area contributed by atoms with Crippen LogP contribution in [0.3, 0.4) is 0 Å². The summed E-state index contributed by atoms with van der Waals surface area (Å²) in [6.45, 7) is 5.95. The van der Waals surface area contributed by atoms with Crippen LogP contribution >= 0.6 is 0 Å². The lowest BCUT2D eigenvalue weighted by molar-refractivity contribution is 0.318. The Morgan fingerprint density at radius 3 is 2.67 bits per heavy atom. The molecule has 94 valence electrons. The number of nitrogens with two attached hydrogens (primary N) is 1. The minimum Gasteiger partial charge on any atom is -0.409 e. The number of aromatic nitrogens is 3. The summed E-state index contributed by atoms with van der Waals surface area (Å²) in [5, 5.41) is 16.1. The Hall–Kier alpha value is -2.37. The first-order valence-corrected chi connectivity index (χ1v) is 5.51. The van der Waals surface area contributed by atoms with Crippen LogP contribution < -0.4 is 5.73 Å². The van der Waals surface area contributed by atoms with E-state index >= 15 is 0 Å². The van der Waals surface area contributed by atoms with Gasteiger partial charge >= 0.3 is 0 Å². The molecule has 0 bridgehead atoms. The van der Waals surface area contributed by atoms with E-state index in [0.717, 1.165) is 17.0 Å². The molecule has 0 aliphatic heterocycles. The van der Waals surface area contributed by atoms with Crippen LogP contribution in [-0.4, -0.2) is 25.8 Å². The van der Waals surface area contributed by atoms with Crippen molar-refractivity contribution in [2.24, 2.45) is 10.9 Å². The molecule has 0 fully saturated rings. The van der Waals surface area contributed by atoms with Crippen molar-refractivity contribution in [2.75, 3.05) is 0 Å². The highest BCUT2D eigenvalue weighted by Crippen LogP contribution is 2.15. The van der Waals surface area contributed by atoms with Gasteiger partial charge < -0.3 is 10.9 Å². The van der Waals surface area contributed by atoms with Gasteiger partial charge in [0, 0.05) is 17.5 Å². The number of oxime groups is 1. The summed E-state index contributed by atoms with van der Waals surface area (Å²) >= 11 is 0. The Morgan fingerprint density at radius 1 is 1.39 bits per heavy atom. The van der Waals surface area contributed by atoms with Crippen LogP contribution in [0.2, 0.25) is 0 Å². The Kier molecular flexibility index (Phi) is 3.01. The average Bonchev–Trinajstić information content (AvgIpc) is 2.66. The minimum absolute atomic E-state index is 0.0527. The summed E-state index contributed by atoms with van der Waals surface area (Å²) in [5.41, 5.74) is 9.28. The smallest absolute Gasteiger partial charge is 0.170 e. The second-order valence-corrected chi connectivity index (χ2v) is 4.10. The summed E-state index contributed by atoms with van der Waals surface area (Å²) in [4.78, 5) is 4.25. The SMILES string of the molecule is Cc1nn(-c2cc(C(N)=NO)ccn2)c(C)c1C. The molecule has 0 amide bonds. The van der Waals surface area contributed by atoms with Gasteiger partial charge in [-0.15, -0.1) is 0 Å². The lowest BCUT2D eigenvalue weighted by Crippen LogP contribution is -2.14. The van der Waals surface area contributed by atoms with Gasteiger partial charge in [-0.2, -0.15) is 5.10 Å². The molecule has 6 heteroatoms. The zero-order valence-electron chi connectivity index (χ0n) is 10.5. The molecule has 2 heterocycles. The van der Waals surface area contributed by atoms with Crippen LogP contribution in [0.5, 0.6) is 0 Å². The first kappa shape index (κ1) is 12.1. The van der Waals surface area contributed by atoms with Crippen molar-refractivity contribution < 1.29 is 5.21 Å². The first-order chi connectivity index (χ1) is 8.54. The third-order valence-corrected chi connectivity index (χ3v) is 3.02. The number of hydrogen-bond donors (Lipinski definition) is 2. The largest absolute Gasteiger partial charge is 0.409 e. The molecule has 0 aliphatic carbocycles. The van der Waals surface area contributed by atoms with Gasteiger partial charge in [0.25, 0.3) is 0 Å². The standard InChI is InChI=1S/C12H15N5O/c1-7-8(2)15-17(9(7)3)11-6-10(4-5-14-11)12(13)16-18/h4-6,18H,1-3H3,(H2,13,16). The maximum atomic E-state index is 8.67. The Labute approximate surface area is 105 Å². The van der Waals surface area contributed by atoms with Crippen molar-refractivity contribution in [3.63, 3.8) is 0 Å². The highest BCUT2D eigenvalue weighted by atomic mass is 16.4. The van der Waals surface area contributed by atoms with Crippen molar-refractivity contribution in [3.05, 3.63) is 40.8 Å². The van der Waals surface area contributed by atoms with Crippen LogP contribution in [0.1, 0.15) is 22.5 Å². The monoisotopic (exact) mass is 245 g/mol. The van der Waals surface area contributed by atoms with E-state index in [4.69, 9.17) is 10.9 Å². The fourth-order valence-corrected chi connectivity index (χ4v) is 1.69. The Bertz CT molecular complexity index is 615. The van der Waals surface area contributed by atoms with E-state index in [0.29, 0.717) is 11.4 Å². The molecule has 0 atom stereocenters. The lowest BCUT2D eigenvalue weighted by atomic mass is 10.2. The topological polar surface area (TPSA) is 89.3 Å².